The molecule has 0 fully saturated rings. The van der Waals surface area contributed by atoms with Gasteiger partial charge in [-0.1, -0.05) is 6.07 Å². The van der Waals surface area contributed by atoms with Crippen molar-refractivity contribution in [3.63, 3.8) is 0 Å². The highest BCUT2D eigenvalue weighted by molar-refractivity contribution is 7.89. The van der Waals surface area contributed by atoms with Crippen LogP contribution in [0.15, 0.2) is 47.5 Å². The lowest BCUT2D eigenvalue weighted by atomic mass is 10.0. The summed E-state index contributed by atoms with van der Waals surface area (Å²) in [5, 5.41) is 2.45. The minimum absolute atomic E-state index is 0.0201. The number of methoxy groups -OCH3 is 1. The van der Waals surface area contributed by atoms with Crippen molar-refractivity contribution in [2.75, 3.05) is 26.1 Å². The maximum atomic E-state index is 13.6. The summed E-state index contributed by atoms with van der Waals surface area (Å²) < 4.78 is 78.1. The minimum atomic E-state index is -4.81. The summed E-state index contributed by atoms with van der Waals surface area (Å²) in [6.45, 7) is 2.20. The van der Waals surface area contributed by atoms with E-state index in [-0.39, 0.29) is 28.6 Å². The first-order valence-corrected chi connectivity index (χ1v) is 11.9. The van der Waals surface area contributed by atoms with Crippen LogP contribution in [0.2, 0.25) is 0 Å². The second-order valence-corrected chi connectivity index (χ2v) is 9.37. The second kappa shape index (κ2) is 11.8. The van der Waals surface area contributed by atoms with E-state index >= 15 is 0 Å². The highest BCUT2D eigenvalue weighted by atomic mass is 32.2. The summed E-state index contributed by atoms with van der Waals surface area (Å²) in [6.07, 6.45) is -4.28. The highest BCUT2D eigenvalue weighted by Crippen LogP contribution is 2.37. The van der Waals surface area contributed by atoms with E-state index in [2.05, 4.69) is 15.3 Å². The Bertz CT molecular complexity index is 1360. The molecule has 9 nitrogen and oxygen atoms in total. The summed E-state index contributed by atoms with van der Waals surface area (Å²) in [4.78, 5) is 32.7. The normalized spacial score (nSPS) is 12.1. The minimum Gasteiger partial charge on any atom is -0.588 e. The molecule has 1 N–H and O–H groups in total. The average Bonchev–Trinajstić information content (AvgIpc) is 2.84. The van der Waals surface area contributed by atoms with Gasteiger partial charge in [-0.15, -0.1) is 0 Å². The summed E-state index contributed by atoms with van der Waals surface area (Å²) in [5.74, 6) is -2.84. The predicted molar refractivity (Wildman–Crippen MR) is 128 cm³/mol. The fraction of sp³-hybridized carbons (Fsp3) is 0.250. The van der Waals surface area contributed by atoms with Crippen molar-refractivity contribution in [1.29, 1.82) is 0 Å². The van der Waals surface area contributed by atoms with Crippen molar-refractivity contribution in [2.24, 2.45) is 0 Å². The van der Waals surface area contributed by atoms with Crippen molar-refractivity contribution in [1.82, 2.24) is 14.3 Å². The van der Waals surface area contributed by atoms with Crippen molar-refractivity contribution in [3.05, 3.63) is 70.9 Å². The summed E-state index contributed by atoms with van der Waals surface area (Å²) in [6, 6.07) is 7.79. The number of amides is 2. The van der Waals surface area contributed by atoms with Gasteiger partial charge in [0, 0.05) is 25.1 Å². The van der Waals surface area contributed by atoms with Gasteiger partial charge in [0.05, 0.1) is 18.3 Å². The molecule has 2 amide bonds. The number of likely N-dealkylation sites (N-methyl/N-ethyl adjacent to an activating group) is 1. The van der Waals surface area contributed by atoms with Crippen LogP contribution in [0.3, 0.4) is 0 Å². The van der Waals surface area contributed by atoms with E-state index in [9.17, 15) is 31.7 Å². The third-order valence-electron chi connectivity index (χ3n) is 5.21. The number of ether oxygens (including phenoxy) is 2. The number of anilines is 1. The molecule has 202 valence electrons. The Hall–Kier alpha value is -3.75. The zero-order valence-corrected chi connectivity index (χ0v) is 21.4. The number of carbonyl (C=O) groups is 2. The first kappa shape index (κ1) is 28.8. The topological polar surface area (TPSA) is 117 Å². The first-order valence-electron chi connectivity index (χ1n) is 10.8. The average molecular weight is 555 g/mol. The molecule has 0 saturated heterocycles. The number of pyridine rings is 2. The van der Waals surface area contributed by atoms with Crippen LogP contribution in [0.25, 0.3) is 0 Å². The Morgan fingerprint density at radius 1 is 1.18 bits per heavy atom. The number of alkyl halides is 3. The van der Waals surface area contributed by atoms with Gasteiger partial charge in [-0.25, -0.2) is 9.97 Å². The maximum absolute atomic E-state index is 13.6. The molecular formula is C24H22F4N4O5S. The fourth-order valence-electron chi connectivity index (χ4n) is 3.28. The fourth-order valence-corrected chi connectivity index (χ4v) is 4.26. The number of carbonyl (C=O) groups excluding carboxylic acids is 2. The lowest BCUT2D eigenvalue weighted by Crippen LogP contribution is -2.35. The van der Waals surface area contributed by atoms with Gasteiger partial charge in [0.2, 0.25) is 11.8 Å². The molecule has 2 aromatic heterocycles. The zero-order valence-electron chi connectivity index (χ0n) is 20.6. The van der Waals surface area contributed by atoms with Crippen LogP contribution in [0.4, 0.5) is 23.2 Å². The van der Waals surface area contributed by atoms with Crippen LogP contribution >= 0.6 is 0 Å². The number of hydrogen-bond acceptors (Lipinski definition) is 7. The standard InChI is InChI=1S/C24H22F4N4O5S/c1-13-17(24(26,27)28)11-29-23(37-18-8-9-19(25)30-14(18)2)21(13)22(34)31-15-6-5-7-16(10-15)38(35)32(3)20(33)12-36-4/h5-11H,12H2,1-4H3,(H,31,34)/t38-/m1/s1. The van der Waals surface area contributed by atoms with Crippen molar-refractivity contribution in [3.8, 4) is 11.6 Å². The van der Waals surface area contributed by atoms with E-state index in [4.69, 9.17) is 9.47 Å². The van der Waals surface area contributed by atoms with E-state index < -0.39 is 57.9 Å². The molecule has 1 atom stereocenters. The lowest BCUT2D eigenvalue weighted by molar-refractivity contribution is -0.138. The summed E-state index contributed by atoms with van der Waals surface area (Å²) >= 11 is -1.96. The molecular weight excluding hydrogens is 532 g/mol. The van der Waals surface area contributed by atoms with Gasteiger partial charge in [0.15, 0.2) is 10.6 Å². The van der Waals surface area contributed by atoms with Crippen LogP contribution < -0.4 is 10.1 Å². The molecule has 0 unspecified atom stereocenters. The molecule has 2 heterocycles. The molecule has 14 heteroatoms. The summed E-state index contributed by atoms with van der Waals surface area (Å²) in [7, 11) is 2.61. The van der Waals surface area contributed by atoms with Crippen molar-refractivity contribution < 1.29 is 41.2 Å². The van der Waals surface area contributed by atoms with E-state index in [1.165, 1.54) is 51.4 Å². The highest BCUT2D eigenvalue weighted by Gasteiger charge is 2.36. The van der Waals surface area contributed by atoms with Gasteiger partial charge in [0.25, 0.3) is 11.8 Å². The van der Waals surface area contributed by atoms with E-state index in [0.29, 0.717) is 6.20 Å². The largest absolute Gasteiger partial charge is 0.588 e. The van der Waals surface area contributed by atoms with Crippen LogP contribution in [0.1, 0.15) is 27.2 Å². The van der Waals surface area contributed by atoms with E-state index in [1.807, 2.05) is 0 Å². The molecule has 0 aliphatic heterocycles. The van der Waals surface area contributed by atoms with Crippen LogP contribution in [-0.4, -0.2) is 51.4 Å². The van der Waals surface area contributed by atoms with Crippen LogP contribution in [0.5, 0.6) is 11.6 Å². The molecule has 3 aromatic rings. The molecule has 3 rings (SSSR count). The molecule has 0 radical (unpaired) electrons. The van der Waals surface area contributed by atoms with E-state index in [0.717, 1.165) is 17.3 Å². The molecule has 0 aliphatic rings. The van der Waals surface area contributed by atoms with Crippen molar-refractivity contribution >= 4 is 28.9 Å². The third kappa shape index (κ3) is 6.57. The first-order chi connectivity index (χ1) is 17.8. The Morgan fingerprint density at radius 3 is 2.53 bits per heavy atom. The van der Waals surface area contributed by atoms with Gasteiger partial charge in [-0.3, -0.25) is 9.59 Å². The van der Waals surface area contributed by atoms with Crippen LogP contribution in [-0.2, 0) is 27.1 Å². The van der Waals surface area contributed by atoms with Gasteiger partial charge in [-0.2, -0.15) is 21.9 Å². The van der Waals surface area contributed by atoms with Gasteiger partial charge in [0.1, 0.15) is 23.5 Å². The molecule has 0 aliphatic carbocycles. The maximum Gasteiger partial charge on any atom is 0.418 e. The Kier molecular flexibility index (Phi) is 8.91. The number of benzene rings is 1. The van der Waals surface area contributed by atoms with Gasteiger partial charge >= 0.3 is 6.18 Å². The monoisotopic (exact) mass is 554 g/mol. The molecule has 0 bridgehead atoms. The molecule has 1 aromatic carbocycles. The molecule has 38 heavy (non-hydrogen) atoms. The molecule has 0 saturated carbocycles. The number of nitrogens with one attached hydrogen (secondary N) is 1. The van der Waals surface area contributed by atoms with Crippen LogP contribution in [0, 0.1) is 19.8 Å². The number of hydrogen-bond donors (Lipinski definition) is 1. The lowest BCUT2D eigenvalue weighted by Gasteiger charge is -2.20. The van der Waals surface area contributed by atoms with Crippen molar-refractivity contribution in [2.45, 2.75) is 24.9 Å². The van der Waals surface area contributed by atoms with Gasteiger partial charge in [-0.05, 0) is 43.7 Å². The quantitative estimate of drug-likeness (QED) is 0.249. The Morgan fingerprint density at radius 2 is 1.89 bits per heavy atom. The molecule has 0 spiro atoms. The summed E-state index contributed by atoms with van der Waals surface area (Å²) in [5.41, 5.74) is -1.98. The Balaban J connectivity index is 1.98. The smallest absolute Gasteiger partial charge is 0.418 e. The SMILES string of the molecule is COCC(=O)N(C)[S@+]([O-])c1cccc(NC(=O)c2c(Oc3ccc(F)nc3C)ncc(C(F)(F)F)c2C)c1. The number of nitrogens with zero attached hydrogens (tertiary/aromatic N) is 3. The Labute approximate surface area is 218 Å². The second-order valence-electron chi connectivity index (χ2n) is 7.85. The zero-order chi connectivity index (χ0) is 28.2. The number of aromatic nitrogens is 2. The predicted octanol–water partition coefficient (Wildman–Crippen LogP) is 4.42. The number of rotatable bonds is 8. The van der Waals surface area contributed by atoms with E-state index in [1.54, 1.807) is 0 Å². The number of aryl methyl sites for hydroxylation is 1. The van der Waals surface area contributed by atoms with Gasteiger partial charge < -0.3 is 19.3 Å². The third-order valence-corrected chi connectivity index (χ3v) is 6.57. The number of halogens is 4.